The van der Waals surface area contributed by atoms with Gasteiger partial charge in [0.2, 0.25) is 0 Å². The van der Waals surface area contributed by atoms with E-state index in [0.717, 1.165) is 22.2 Å². The molecule has 2 aromatic rings. The van der Waals surface area contributed by atoms with Gasteiger partial charge in [-0.2, -0.15) is 0 Å². The Kier molecular flexibility index (Phi) is 3.16. The minimum atomic E-state index is -0.309. The lowest BCUT2D eigenvalue weighted by Gasteiger charge is -2.13. The van der Waals surface area contributed by atoms with Crippen LogP contribution in [0.25, 0.3) is 11.0 Å². The van der Waals surface area contributed by atoms with Crippen molar-refractivity contribution in [2.24, 2.45) is 5.92 Å². The van der Waals surface area contributed by atoms with Crippen molar-refractivity contribution in [1.82, 2.24) is 5.32 Å². The summed E-state index contributed by atoms with van der Waals surface area (Å²) in [7, 11) is 0. The second kappa shape index (κ2) is 4.67. The van der Waals surface area contributed by atoms with Crippen molar-refractivity contribution in [3.63, 3.8) is 0 Å². The lowest BCUT2D eigenvalue weighted by Crippen LogP contribution is -2.21. The molecule has 0 amide bonds. The van der Waals surface area contributed by atoms with Gasteiger partial charge in [-0.1, -0.05) is 22.9 Å². The maximum atomic E-state index is 13.8. The van der Waals surface area contributed by atoms with Gasteiger partial charge in [0.05, 0.1) is 6.04 Å². The van der Waals surface area contributed by atoms with Gasteiger partial charge >= 0.3 is 0 Å². The minimum absolute atomic E-state index is 0.223. The molecule has 1 aliphatic carbocycles. The Labute approximate surface area is 114 Å². The first-order valence-electron chi connectivity index (χ1n) is 6.31. The van der Waals surface area contributed by atoms with Crippen molar-refractivity contribution >= 4 is 26.9 Å². The number of fused-ring (bicyclic) bond motifs is 1. The summed E-state index contributed by atoms with van der Waals surface area (Å²) in [5.74, 6) is 1.18. The first-order valence-corrected chi connectivity index (χ1v) is 7.10. The SMILES string of the molecule is CCNC(c1cc2cc(Br)cc(F)c2o1)C1CC1. The van der Waals surface area contributed by atoms with E-state index in [1.165, 1.54) is 18.9 Å². The van der Waals surface area contributed by atoms with Crippen molar-refractivity contribution < 1.29 is 8.81 Å². The third-order valence-electron chi connectivity index (χ3n) is 3.38. The average molecular weight is 312 g/mol. The summed E-state index contributed by atoms with van der Waals surface area (Å²) in [6, 6.07) is 5.51. The molecule has 0 bridgehead atoms. The maximum absolute atomic E-state index is 13.8. The summed E-state index contributed by atoms with van der Waals surface area (Å²) in [5, 5.41) is 4.25. The molecule has 2 nitrogen and oxygen atoms in total. The van der Waals surface area contributed by atoms with Crippen LogP contribution in [0.5, 0.6) is 0 Å². The third-order valence-corrected chi connectivity index (χ3v) is 3.84. The third kappa shape index (κ3) is 2.19. The average Bonchev–Trinajstić information content (AvgIpc) is 3.06. The summed E-state index contributed by atoms with van der Waals surface area (Å²) >= 11 is 3.30. The fourth-order valence-electron chi connectivity index (χ4n) is 2.40. The molecule has 1 N–H and O–H groups in total. The Hall–Kier alpha value is -0.870. The smallest absolute Gasteiger partial charge is 0.170 e. The van der Waals surface area contributed by atoms with Gasteiger partial charge in [0.25, 0.3) is 0 Å². The predicted octanol–water partition coefficient (Wildman–Crippen LogP) is 4.40. The van der Waals surface area contributed by atoms with Gasteiger partial charge in [-0.3, -0.25) is 0 Å². The Morgan fingerprint density at radius 2 is 2.22 bits per heavy atom. The normalized spacial score (nSPS) is 17.3. The van der Waals surface area contributed by atoms with E-state index in [4.69, 9.17) is 4.42 Å². The Morgan fingerprint density at radius 1 is 1.44 bits per heavy atom. The van der Waals surface area contributed by atoms with Crippen LogP contribution in [0.15, 0.2) is 27.1 Å². The lowest BCUT2D eigenvalue weighted by atomic mass is 10.1. The minimum Gasteiger partial charge on any atom is -0.456 e. The summed E-state index contributed by atoms with van der Waals surface area (Å²) in [4.78, 5) is 0. The van der Waals surface area contributed by atoms with Crippen molar-refractivity contribution in [2.75, 3.05) is 6.54 Å². The molecule has 0 radical (unpaired) electrons. The van der Waals surface area contributed by atoms with E-state index in [-0.39, 0.29) is 11.9 Å². The van der Waals surface area contributed by atoms with Crippen LogP contribution >= 0.6 is 15.9 Å². The van der Waals surface area contributed by atoms with Gasteiger partial charge in [0.15, 0.2) is 11.4 Å². The molecule has 1 fully saturated rings. The zero-order valence-corrected chi connectivity index (χ0v) is 11.8. The van der Waals surface area contributed by atoms with E-state index in [0.29, 0.717) is 11.5 Å². The number of furan rings is 1. The highest BCUT2D eigenvalue weighted by Crippen LogP contribution is 2.42. The molecule has 0 saturated heterocycles. The second-order valence-electron chi connectivity index (χ2n) is 4.83. The molecule has 1 saturated carbocycles. The standard InChI is InChI=1S/C14H15BrFNO/c1-2-17-13(8-3-4-8)12-6-9-5-10(15)7-11(16)14(9)18-12/h5-8,13,17H,2-4H2,1H3. The summed E-state index contributed by atoms with van der Waals surface area (Å²) in [6.07, 6.45) is 2.45. The van der Waals surface area contributed by atoms with Crippen molar-refractivity contribution in [3.8, 4) is 0 Å². The van der Waals surface area contributed by atoms with Gasteiger partial charge in [-0.15, -0.1) is 0 Å². The molecule has 18 heavy (non-hydrogen) atoms. The van der Waals surface area contributed by atoms with Crippen molar-refractivity contribution in [3.05, 3.63) is 34.2 Å². The van der Waals surface area contributed by atoms with Crippen LogP contribution in [0.4, 0.5) is 4.39 Å². The highest BCUT2D eigenvalue weighted by atomic mass is 79.9. The number of halogens is 2. The molecule has 1 heterocycles. The number of benzene rings is 1. The highest BCUT2D eigenvalue weighted by molar-refractivity contribution is 9.10. The Morgan fingerprint density at radius 3 is 2.89 bits per heavy atom. The molecule has 1 atom stereocenters. The van der Waals surface area contributed by atoms with Crippen LogP contribution in [0.3, 0.4) is 0 Å². The fraction of sp³-hybridized carbons (Fsp3) is 0.429. The van der Waals surface area contributed by atoms with Gasteiger partial charge in [0, 0.05) is 9.86 Å². The zero-order chi connectivity index (χ0) is 12.7. The van der Waals surface area contributed by atoms with E-state index >= 15 is 0 Å². The summed E-state index contributed by atoms with van der Waals surface area (Å²) in [5.41, 5.74) is 0.358. The quantitative estimate of drug-likeness (QED) is 0.905. The molecule has 0 aliphatic heterocycles. The molecule has 1 unspecified atom stereocenters. The fourth-order valence-corrected chi connectivity index (χ4v) is 2.85. The van der Waals surface area contributed by atoms with Crippen LogP contribution < -0.4 is 5.32 Å². The van der Waals surface area contributed by atoms with Gasteiger partial charge < -0.3 is 9.73 Å². The lowest BCUT2D eigenvalue weighted by molar-refractivity contribution is 0.398. The van der Waals surface area contributed by atoms with E-state index in [1.54, 1.807) is 0 Å². The molecule has 1 aromatic heterocycles. The molecular weight excluding hydrogens is 297 g/mol. The van der Waals surface area contributed by atoms with Crippen LogP contribution in [0, 0.1) is 11.7 Å². The second-order valence-corrected chi connectivity index (χ2v) is 5.74. The Balaban J connectivity index is 2.03. The molecular formula is C14H15BrFNO. The van der Waals surface area contributed by atoms with Crippen molar-refractivity contribution in [2.45, 2.75) is 25.8 Å². The first kappa shape index (κ1) is 12.2. The molecule has 96 valence electrons. The first-order chi connectivity index (χ1) is 8.69. The number of rotatable bonds is 4. The van der Waals surface area contributed by atoms with Crippen LogP contribution in [-0.4, -0.2) is 6.54 Å². The van der Waals surface area contributed by atoms with Crippen LogP contribution in [0.1, 0.15) is 31.6 Å². The molecule has 0 spiro atoms. The maximum Gasteiger partial charge on any atom is 0.170 e. The molecule has 1 aliphatic rings. The summed E-state index contributed by atoms with van der Waals surface area (Å²) in [6.45, 7) is 2.97. The molecule has 4 heteroatoms. The van der Waals surface area contributed by atoms with Gasteiger partial charge in [-0.05, 0) is 43.5 Å². The van der Waals surface area contributed by atoms with Crippen LogP contribution in [-0.2, 0) is 0 Å². The topological polar surface area (TPSA) is 25.2 Å². The largest absolute Gasteiger partial charge is 0.456 e. The molecule has 1 aromatic carbocycles. The summed E-state index contributed by atoms with van der Waals surface area (Å²) < 4.78 is 20.2. The van der Waals surface area contributed by atoms with E-state index < -0.39 is 0 Å². The molecule has 3 rings (SSSR count). The van der Waals surface area contributed by atoms with Gasteiger partial charge in [-0.25, -0.2) is 4.39 Å². The Bertz CT molecular complexity index is 576. The van der Waals surface area contributed by atoms with Crippen LogP contribution in [0.2, 0.25) is 0 Å². The number of hydrogen-bond donors (Lipinski definition) is 1. The number of hydrogen-bond acceptors (Lipinski definition) is 2. The highest BCUT2D eigenvalue weighted by Gasteiger charge is 2.34. The number of nitrogens with one attached hydrogen (secondary N) is 1. The predicted molar refractivity (Wildman–Crippen MR) is 73.0 cm³/mol. The van der Waals surface area contributed by atoms with Gasteiger partial charge in [0.1, 0.15) is 5.76 Å². The monoisotopic (exact) mass is 311 g/mol. The van der Waals surface area contributed by atoms with Crippen molar-refractivity contribution in [1.29, 1.82) is 0 Å². The van der Waals surface area contributed by atoms with E-state index in [2.05, 4.69) is 28.2 Å². The van der Waals surface area contributed by atoms with E-state index in [1.807, 2.05) is 12.1 Å². The zero-order valence-electron chi connectivity index (χ0n) is 10.2. The van der Waals surface area contributed by atoms with E-state index in [9.17, 15) is 4.39 Å².